The monoisotopic (exact) mass is 276 g/mol. The van der Waals surface area contributed by atoms with Crippen molar-refractivity contribution >= 4 is 5.95 Å². The number of rotatable bonds is 7. The number of anilines is 1. The maximum atomic E-state index is 12.5. The molecule has 7 heteroatoms. The normalized spacial score (nSPS) is 11.6. The Kier molecular flexibility index (Phi) is 6.01. The lowest BCUT2D eigenvalue weighted by atomic mass is 10.3. The molecule has 0 spiro atoms. The average Bonchev–Trinajstić information content (AvgIpc) is 2.35. The Hall–Kier alpha value is -1.37. The Morgan fingerprint density at radius 1 is 1.21 bits per heavy atom. The topological polar surface area (TPSA) is 41.1 Å². The van der Waals surface area contributed by atoms with E-state index in [1.54, 1.807) is 12.4 Å². The van der Waals surface area contributed by atoms with E-state index in [0.717, 1.165) is 17.0 Å². The summed E-state index contributed by atoms with van der Waals surface area (Å²) in [4.78, 5) is 9.17. The molecule has 0 aliphatic carbocycles. The highest BCUT2D eigenvalue weighted by molar-refractivity contribution is 5.30. The number of alkyl halides is 3. The fourth-order valence-electron chi connectivity index (χ4n) is 1.61. The van der Waals surface area contributed by atoms with Crippen LogP contribution in [0.4, 0.5) is 19.1 Å². The Balaban J connectivity index is 2.73. The highest BCUT2D eigenvalue weighted by Gasteiger charge is 2.31. The van der Waals surface area contributed by atoms with E-state index in [2.05, 4.69) is 15.3 Å². The van der Waals surface area contributed by atoms with Gasteiger partial charge >= 0.3 is 6.18 Å². The van der Waals surface area contributed by atoms with Crippen LogP contribution in [0.25, 0.3) is 0 Å². The van der Waals surface area contributed by atoms with Gasteiger partial charge < -0.3 is 10.2 Å². The second-order valence-electron chi connectivity index (χ2n) is 4.21. The predicted molar refractivity (Wildman–Crippen MR) is 68.0 cm³/mol. The highest BCUT2D eigenvalue weighted by atomic mass is 19.4. The minimum Gasteiger partial charge on any atom is -0.332 e. The van der Waals surface area contributed by atoms with Gasteiger partial charge in [-0.1, -0.05) is 13.8 Å². The molecule has 0 atom stereocenters. The van der Waals surface area contributed by atoms with Crippen molar-refractivity contribution in [3.8, 4) is 0 Å². The fraction of sp³-hybridized carbons (Fsp3) is 0.667. The van der Waals surface area contributed by atoms with E-state index in [1.165, 1.54) is 0 Å². The maximum absolute atomic E-state index is 12.5. The van der Waals surface area contributed by atoms with Crippen molar-refractivity contribution in [1.29, 1.82) is 0 Å². The van der Waals surface area contributed by atoms with Gasteiger partial charge in [0.05, 0.1) is 0 Å². The van der Waals surface area contributed by atoms with Gasteiger partial charge in [-0.3, -0.25) is 0 Å². The molecule has 0 unspecified atom stereocenters. The minimum atomic E-state index is -4.25. The first-order valence-corrected chi connectivity index (χ1v) is 6.29. The van der Waals surface area contributed by atoms with E-state index >= 15 is 0 Å². The Bertz CT molecular complexity index is 364. The van der Waals surface area contributed by atoms with E-state index in [0.29, 0.717) is 13.0 Å². The first-order chi connectivity index (χ1) is 8.96. The molecule has 0 saturated heterocycles. The standard InChI is InChI=1S/C12H19F3N4/c1-3-5-19(9-12(13,14)15)11-17-7-10(8-18-11)6-16-4-2/h7-8,16H,3-6,9H2,1-2H3. The quantitative estimate of drug-likeness (QED) is 0.830. The van der Waals surface area contributed by atoms with Gasteiger partial charge in [0.15, 0.2) is 0 Å². The molecular formula is C12H19F3N4. The summed E-state index contributed by atoms with van der Waals surface area (Å²) in [5, 5.41) is 3.10. The molecule has 108 valence electrons. The van der Waals surface area contributed by atoms with Gasteiger partial charge in [-0.2, -0.15) is 13.2 Å². The second-order valence-corrected chi connectivity index (χ2v) is 4.21. The van der Waals surface area contributed by atoms with Crippen LogP contribution < -0.4 is 10.2 Å². The highest BCUT2D eigenvalue weighted by Crippen LogP contribution is 2.19. The Morgan fingerprint density at radius 3 is 2.32 bits per heavy atom. The van der Waals surface area contributed by atoms with E-state index in [1.807, 2.05) is 13.8 Å². The molecule has 0 aliphatic heterocycles. The molecule has 0 radical (unpaired) electrons. The largest absolute Gasteiger partial charge is 0.406 e. The molecule has 1 N–H and O–H groups in total. The number of hydrogen-bond donors (Lipinski definition) is 1. The molecule has 19 heavy (non-hydrogen) atoms. The zero-order chi connectivity index (χ0) is 14.3. The molecule has 0 bridgehead atoms. The lowest BCUT2D eigenvalue weighted by Gasteiger charge is -2.23. The summed E-state index contributed by atoms with van der Waals surface area (Å²) in [6.07, 6.45) is -0.520. The molecule has 0 amide bonds. The summed E-state index contributed by atoms with van der Waals surface area (Å²) in [5.74, 6) is 0.124. The molecular weight excluding hydrogens is 257 g/mol. The molecule has 1 rings (SSSR count). The van der Waals surface area contributed by atoms with Crippen molar-refractivity contribution in [2.24, 2.45) is 0 Å². The van der Waals surface area contributed by atoms with Crippen molar-refractivity contribution < 1.29 is 13.2 Å². The van der Waals surface area contributed by atoms with Gasteiger partial charge in [0.25, 0.3) is 0 Å². The van der Waals surface area contributed by atoms with Crippen molar-refractivity contribution in [3.05, 3.63) is 18.0 Å². The molecule has 4 nitrogen and oxygen atoms in total. The molecule has 1 aromatic rings. The molecule has 0 aliphatic rings. The molecule has 0 aromatic carbocycles. The maximum Gasteiger partial charge on any atom is 0.406 e. The van der Waals surface area contributed by atoms with Crippen molar-refractivity contribution in [2.75, 3.05) is 24.5 Å². The third-order valence-corrected chi connectivity index (χ3v) is 2.42. The molecule has 1 heterocycles. The summed E-state index contributed by atoms with van der Waals surface area (Å²) in [7, 11) is 0. The summed E-state index contributed by atoms with van der Waals surface area (Å²) in [6, 6.07) is 0. The lowest BCUT2D eigenvalue weighted by molar-refractivity contribution is -0.119. The molecule has 0 fully saturated rings. The predicted octanol–water partition coefficient (Wildman–Crippen LogP) is 2.36. The number of halogens is 3. The summed E-state index contributed by atoms with van der Waals surface area (Å²) in [6.45, 7) is 4.49. The van der Waals surface area contributed by atoms with Crippen molar-refractivity contribution in [2.45, 2.75) is 33.0 Å². The van der Waals surface area contributed by atoms with Crippen LogP contribution in [-0.2, 0) is 6.54 Å². The van der Waals surface area contributed by atoms with Crippen LogP contribution in [0.2, 0.25) is 0 Å². The first kappa shape index (κ1) is 15.7. The van der Waals surface area contributed by atoms with E-state index in [9.17, 15) is 13.2 Å². The van der Waals surface area contributed by atoms with Crippen LogP contribution in [0, 0.1) is 0 Å². The summed E-state index contributed by atoms with van der Waals surface area (Å²) in [5.41, 5.74) is 0.856. The number of nitrogens with one attached hydrogen (secondary N) is 1. The second kappa shape index (κ2) is 7.28. The average molecular weight is 276 g/mol. The summed E-state index contributed by atoms with van der Waals surface area (Å²) >= 11 is 0. The SMILES string of the molecule is CCCN(CC(F)(F)F)c1ncc(CNCC)cn1. The number of nitrogens with zero attached hydrogens (tertiary/aromatic N) is 3. The summed E-state index contributed by atoms with van der Waals surface area (Å²) < 4.78 is 37.4. The molecule has 0 saturated carbocycles. The fourth-order valence-corrected chi connectivity index (χ4v) is 1.61. The third-order valence-electron chi connectivity index (χ3n) is 2.42. The van der Waals surface area contributed by atoms with Crippen LogP contribution in [0.1, 0.15) is 25.8 Å². The van der Waals surface area contributed by atoms with E-state index in [4.69, 9.17) is 0 Å². The Morgan fingerprint density at radius 2 is 1.84 bits per heavy atom. The van der Waals surface area contributed by atoms with Crippen molar-refractivity contribution in [1.82, 2.24) is 15.3 Å². The molecule has 1 aromatic heterocycles. The van der Waals surface area contributed by atoms with Gasteiger partial charge in [0.2, 0.25) is 5.95 Å². The van der Waals surface area contributed by atoms with Gasteiger partial charge in [-0.25, -0.2) is 9.97 Å². The van der Waals surface area contributed by atoms with Gasteiger partial charge in [0, 0.05) is 31.0 Å². The van der Waals surface area contributed by atoms with Gasteiger partial charge in [-0.15, -0.1) is 0 Å². The van der Waals surface area contributed by atoms with Crippen LogP contribution in [0.15, 0.2) is 12.4 Å². The van der Waals surface area contributed by atoms with Crippen LogP contribution in [-0.4, -0.2) is 35.8 Å². The van der Waals surface area contributed by atoms with Crippen molar-refractivity contribution in [3.63, 3.8) is 0 Å². The zero-order valence-corrected chi connectivity index (χ0v) is 11.2. The van der Waals surface area contributed by atoms with E-state index in [-0.39, 0.29) is 12.5 Å². The zero-order valence-electron chi connectivity index (χ0n) is 11.2. The van der Waals surface area contributed by atoms with Crippen LogP contribution >= 0.6 is 0 Å². The smallest absolute Gasteiger partial charge is 0.332 e. The number of aromatic nitrogens is 2. The van der Waals surface area contributed by atoms with E-state index < -0.39 is 12.7 Å². The minimum absolute atomic E-state index is 0.124. The third kappa shape index (κ3) is 5.87. The number of hydrogen-bond acceptors (Lipinski definition) is 4. The van der Waals surface area contributed by atoms with Crippen LogP contribution in [0.5, 0.6) is 0 Å². The lowest BCUT2D eigenvalue weighted by Crippen LogP contribution is -2.36. The van der Waals surface area contributed by atoms with Gasteiger partial charge in [-0.05, 0) is 13.0 Å². The van der Waals surface area contributed by atoms with Crippen LogP contribution in [0.3, 0.4) is 0 Å². The van der Waals surface area contributed by atoms with Gasteiger partial charge in [0.1, 0.15) is 6.54 Å². The first-order valence-electron chi connectivity index (χ1n) is 6.29. The Labute approximate surface area is 111 Å².